The van der Waals surface area contributed by atoms with Gasteiger partial charge < -0.3 is 15.8 Å². The van der Waals surface area contributed by atoms with Crippen LogP contribution in [-0.2, 0) is 4.79 Å². The number of nitrogens with one attached hydrogen (secondary N) is 2. The average molecular weight is 313 g/mol. The number of thiocarbonyl (C=S) groups is 1. The van der Waals surface area contributed by atoms with Crippen LogP contribution in [0.15, 0.2) is 18.2 Å². The van der Waals surface area contributed by atoms with Crippen molar-refractivity contribution < 1.29 is 18.7 Å². The molecule has 1 unspecified atom stereocenters. The van der Waals surface area contributed by atoms with E-state index in [0.717, 1.165) is 6.07 Å². The Morgan fingerprint density at radius 1 is 1.48 bits per heavy atom. The first-order valence-corrected chi connectivity index (χ1v) is 6.60. The summed E-state index contributed by atoms with van der Waals surface area (Å²) < 4.78 is 18.9. The summed E-state index contributed by atoms with van der Waals surface area (Å²) in [6.45, 7) is 3.49. The Balaban J connectivity index is 2.70. The summed E-state index contributed by atoms with van der Waals surface area (Å²) in [5.41, 5.74) is 5.74. The van der Waals surface area contributed by atoms with Crippen LogP contribution >= 0.6 is 12.2 Å². The molecule has 3 amide bonds. The molecule has 0 saturated carbocycles. The molecule has 1 aromatic rings. The molecule has 4 N–H and O–H groups in total. The molecule has 0 bridgehead atoms. The van der Waals surface area contributed by atoms with Crippen LogP contribution in [0, 0.1) is 5.82 Å². The van der Waals surface area contributed by atoms with E-state index < -0.39 is 23.9 Å². The minimum Gasteiger partial charge on any atom is -0.478 e. The normalized spacial score (nSPS) is 11.4. The molecule has 0 aliphatic heterocycles. The Bertz CT molecular complexity index is 566. The van der Waals surface area contributed by atoms with E-state index in [0.29, 0.717) is 12.1 Å². The van der Waals surface area contributed by atoms with Gasteiger partial charge in [-0.15, -0.1) is 0 Å². The largest absolute Gasteiger partial charge is 0.478 e. The zero-order chi connectivity index (χ0) is 16.0. The second-order valence-electron chi connectivity index (χ2n) is 4.12. The number of rotatable bonds is 5. The molecule has 0 heterocycles. The van der Waals surface area contributed by atoms with Crippen LogP contribution < -0.4 is 21.1 Å². The van der Waals surface area contributed by atoms with Crippen molar-refractivity contribution in [3.05, 3.63) is 29.6 Å². The summed E-state index contributed by atoms with van der Waals surface area (Å²) in [6.07, 6.45) is -1.04. The van der Waals surface area contributed by atoms with E-state index in [1.807, 2.05) is 0 Å². The Hall–Kier alpha value is -2.22. The van der Waals surface area contributed by atoms with Gasteiger partial charge in [-0.3, -0.25) is 10.1 Å². The van der Waals surface area contributed by atoms with E-state index in [1.54, 1.807) is 6.92 Å². The van der Waals surface area contributed by atoms with Crippen LogP contribution in [0.25, 0.3) is 0 Å². The number of imide groups is 1. The van der Waals surface area contributed by atoms with Crippen molar-refractivity contribution >= 4 is 29.1 Å². The Morgan fingerprint density at radius 3 is 2.67 bits per heavy atom. The van der Waals surface area contributed by atoms with E-state index >= 15 is 0 Å². The summed E-state index contributed by atoms with van der Waals surface area (Å²) in [7, 11) is 0. The quantitative estimate of drug-likeness (QED) is 0.707. The van der Waals surface area contributed by atoms with Gasteiger partial charge in [-0.1, -0.05) is 12.2 Å². The average Bonchev–Trinajstić information content (AvgIpc) is 2.40. The van der Waals surface area contributed by atoms with Crippen LogP contribution in [0.5, 0.6) is 5.75 Å². The van der Waals surface area contributed by atoms with Crippen LogP contribution in [0.1, 0.15) is 19.4 Å². The van der Waals surface area contributed by atoms with Crippen molar-refractivity contribution in [2.24, 2.45) is 5.73 Å². The van der Waals surface area contributed by atoms with Crippen LogP contribution in [-0.4, -0.2) is 29.6 Å². The molecule has 114 valence electrons. The molecule has 0 saturated heterocycles. The second kappa shape index (κ2) is 7.53. The van der Waals surface area contributed by atoms with Gasteiger partial charge in [0.2, 0.25) is 0 Å². The molecular weight excluding hydrogens is 297 g/mol. The fourth-order valence-electron chi connectivity index (χ4n) is 1.41. The first kappa shape index (κ1) is 16.8. The highest BCUT2D eigenvalue weighted by atomic mass is 32.1. The SMILES string of the molecule is CCNC(=O)NC(=O)C(C)Oc1ccc(C(N)=S)cc1F. The fourth-order valence-corrected chi connectivity index (χ4v) is 1.54. The Kier molecular flexibility index (Phi) is 6.04. The highest BCUT2D eigenvalue weighted by molar-refractivity contribution is 7.80. The lowest BCUT2D eigenvalue weighted by molar-refractivity contribution is -0.126. The highest BCUT2D eigenvalue weighted by Crippen LogP contribution is 2.19. The molecule has 1 atom stereocenters. The molecule has 1 aromatic carbocycles. The lowest BCUT2D eigenvalue weighted by Crippen LogP contribution is -2.45. The number of hydrogen-bond acceptors (Lipinski definition) is 4. The van der Waals surface area contributed by atoms with Crippen molar-refractivity contribution in [2.45, 2.75) is 20.0 Å². The third-order valence-corrected chi connectivity index (χ3v) is 2.70. The van der Waals surface area contributed by atoms with E-state index in [1.165, 1.54) is 19.1 Å². The first-order valence-electron chi connectivity index (χ1n) is 6.19. The van der Waals surface area contributed by atoms with E-state index in [4.69, 9.17) is 22.7 Å². The number of hydrogen-bond donors (Lipinski definition) is 3. The van der Waals surface area contributed by atoms with Crippen LogP contribution in [0.3, 0.4) is 0 Å². The monoisotopic (exact) mass is 313 g/mol. The maximum Gasteiger partial charge on any atom is 0.321 e. The molecule has 1 rings (SSSR count). The van der Waals surface area contributed by atoms with Crippen molar-refractivity contribution in [1.82, 2.24) is 10.6 Å². The minimum atomic E-state index is -1.04. The summed E-state index contributed by atoms with van der Waals surface area (Å²) in [5, 5.41) is 4.47. The molecule has 0 fully saturated rings. The van der Waals surface area contributed by atoms with Crippen molar-refractivity contribution in [3.63, 3.8) is 0 Å². The zero-order valence-electron chi connectivity index (χ0n) is 11.6. The van der Waals surface area contributed by atoms with E-state index in [2.05, 4.69) is 10.6 Å². The molecule has 6 nitrogen and oxygen atoms in total. The first-order chi connectivity index (χ1) is 9.85. The third-order valence-electron chi connectivity index (χ3n) is 2.46. The zero-order valence-corrected chi connectivity index (χ0v) is 12.4. The molecular formula is C13H16FN3O3S. The smallest absolute Gasteiger partial charge is 0.321 e. The third kappa shape index (κ3) is 4.99. The molecule has 0 spiro atoms. The van der Waals surface area contributed by atoms with Crippen molar-refractivity contribution in [3.8, 4) is 5.75 Å². The van der Waals surface area contributed by atoms with Gasteiger partial charge in [0, 0.05) is 12.1 Å². The number of benzene rings is 1. The van der Waals surface area contributed by atoms with Crippen molar-refractivity contribution in [2.75, 3.05) is 6.54 Å². The fraction of sp³-hybridized carbons (Fsp3) is 0.308. The Labute approximate surface area is 126 Å². The minimum absolute atomic E-state index is 0.0579. The maximum atomic E-state index is 13.8. The van der Waals surface area contributed by atoms with Gasteiger partial charge in [-0.25, -0.2) is 9.18 Å². The van der Waals surface area contributed by atoms with E-state index in [-0.39, 0.29) is 10.7 Å². The van der Waals surface area contributed by atoms with Gasteiger partial charge in [-0.2, -0.15) is 0 Å². The second-order valence-corrected chi connectivity index (χ2v) is 4.56. The molecule has 0 aromatic heterocycles. The van der Waals surface area contributed by atoms with Gasteiger partial charge in [0.25, 0.3) is 5.91 Å². The predicted octanol–water partition coefficient (Wildman–Crippen LogP) is 1.07. The van der Waals surface area contributed by atoms with Crippen LogP contribution in [0.4, 0.5) is 9.18 Å². The highest BCUT2D eigenvalue weighted by Gasteiger charge is 2.19. The van der Waals surface area contributed by atoms with Gasteiger partial charge >= 0.3 is 6.03 Å². The Morgan fingerprint density at radius 2 is 2.14 bits per heavy atom. The number of amides is 3. The van der Waals surface area contributed by atoms with Gasteiger partial charge in [-0.05, 0) is 32.0 Å². The molecule has 0 radical (unpaired) electrons. The topological polar surface area (TPSA) is 93.5 Å². The molecule has 8 heteroatoms. The standard InChI is InChI=1S/C13H16FN3O3S/c1-3-16-13(19)17-12(18)7(2)20-10-5-4-8(11(15)21)6-9(10)14/h4-7H,3H2,1-2H3,(H2,15,21)(H2,16,17,18,19). The summed E-state index contributed by atoms with van der Waals surface area (Å²) in [6, 6.07) is 3.28. The number of nitrogens with two attached hydrogens (primary N) is 1. The predicted molar refractivity (Wildman–Crippen MR) is 79.6 cm³/mol. The maximum absolute atomic E-state index is 13.8. The lowest BCUT2D eigenvalue weighted by atomic mass is 10.2. The van der Waals surface area contributed by atoms with Crippen molar-refractivity contribution in [1.29, 1.82) is 0 Å². The lowest BCUT2D eigenvalue weighted by Gasteiger charge is -2.15. The number of halogens is 1. The summed E-state index contributed by atoms with van der Waals surface area (Å²) >= 11 is 4.73. The van der Waals surface area contributed by atoms with Gasteiger partial charge in [0.15, 0.2) is 17.7 Å². The number of ether oxygens (including phenoxy) is 1. The van der Waals surface area contributed by atoms with Gasteiger partial charge in [0.1, 0.15) is 4.99 Å². The summed E-state index contributed by atoms with van der Waals surface area (Å²) in [5.74, 6) is -1.51. The van der Waals surface area contributed by atoms with E-state index in [9.17, 15) is 14.0 Å². The van der Waals surface area contributed by atoms with Gasteiger partial charge in [0.05, 0.1) is 0 Å². The number of carbonyl (C=O) groups excluding carboxylic acids is 2. The summed E-state index contributed by atoms with van der Waals surface area (Å²) in [4.78, 5) is 22.9. The van der Waals surface area contributed by atoms with Crippen LogP contribution in [0.2, 0.25) is 0 Å². The molecule has 0 aliphatic rings. The molecule has 0 aliphatic carbocycles. The molecule has 21 heavy (non-hydrogen) atoms. The number of urea groups is 1. The number of carbonyl (C=O) groups is 2.